The molecular formula is C9H13N5. The summed E-state index contributed by atoms with van der Waals surface area (Å²) < 4.78 is 1.84. The zero-order valence-electron chi connectivity index (χ0n) is 8.28. The Kier molecular flexibility index (Phi) is 2.22. The zero-order chi connectivity index (χ0) is 9.97. The van der Waals surface area contributed by atoms with Crippen molar-refractivity contribution in [3.05, 3.63) is 29.8 Å². The van der Waals surface area contributed by atoms with E-state index in [1.807, 2.05) is 30.9 Å². The molecule has 2 aromatic rings. The Balaban J connectivity index is 2.02. The molecule has 14 heavy (non-hydrogen) atoms. The van der Waals surface area contributed by atoms with Crippen molar-refractivity contribution in [2.45, 2.75) is 13.5 Å². The maximum Gasteiger partial charge on any atom is 0.0759 e. The average Bonchev–Trinajstić information content (AvgIpc) is 2.77. The summed E-state index contributed by atoms with van der Waals surface area (Å²) >= 11 is 0. The molecule has 5 nitrogen and oxygen atoms in total. The third-order valence-corrected chi connectivity index (χ3v) is 2.26. The van der Waals surface area contributed by atoms with Crippen molar-refractivity contribution in [1.29, 1.82) is 0 Å². The van der Waals surface area contributed by atoms with E-state index in [1.54, 1.807) is 6.20 Å². The van der Waals surface area contributed by atoms with Gasteiger partial charge in [0, 0.05) is 13.2 Å². The molecule has 0 radical (unpaired) electrons. The standard InChI is InChI=1S/C9H13N5/c1-7-9(6-12-14(7)2)10-5-8-3-4-11-13-8/h3-4,6,10H,5H2,1-2H3,(H,11,13). The smallest absolute Gasteiger partial charge is 0.0759 e. The van der Waals surface area contributed by atoms with E-state index in [-0.39, 0.29) is 0 Å². The molecule has 0 atom stereocenters. The van der Waals surface area contributed by atoms with Crippen LogP contribution in [0.15, 0.2) is 18.5 Å². The maximum atomic E-state index is 4.14. The second kappa shape index (κ2) is 3.53. The predicted molar refractivity (Wildman–Crippen MR) is 53.9 cm³/mol. The van der Waals surface area contributed by atoms with Crippen molar-refractivity contribution in [3.63, 3.8) is 0 Å². The lowest BCUT2D eigenvalue weighted by Crippen LogP contribution is -2.01. The van der Waals surface area contributed by atoms with Crippen LogP contribution >= 0.6 is 0 Å². The molecule has 74 valence electrons. The van der Waals surface area contributed by atoms with Crippen LogP contribution in [0.2, 0.25) is 0 Å². The molecule has 2 heterocycles. The third kappa shape index (κ3) is 1.61. The fourth-order valence-corrected chi connectivity index (χ4v) is 1.25. The van der Waals surface area contributed by atoms with E-state index in [1.165, 1.54) is 0 Å². The zero-order valence-corrected chi connectivity index (χ0v) is 8.28. The lowest BCUT2D eigenvalue weighted by atomic mass is 10.3. The Morgan fingerprint density at radius 3 is 3.00 bits per heavy atom. The summed E-state index contributed by atoms with van der Waals surface area (Å²) in [4.78, 5) is 0. The van der Waals surface area contributed by atoms with Gasteiger partial charge in [-0.15, -0.1) is 0 Å². The number of hydrogen-bond donors (Lipinski definition) is 2. The quantitative estimate of drug-likeness (QED) is 0.762. The van der Waals surface area contributed by atoms with Crippen LogP contribution in [0.1, 0.15) is 11.4 Å². The predicted octanol–water partition coefficient (Wildman–Crippen LogP) is 1.06. The molecule has 2 N–H and O–H groups in total. The Bertz CT molecular complexity index is 401. The molecule has 5 heteroatoms. The molecule has 2 rings (SSSR count). The topological polar surface area (TPSA) is 58.5 Å². The highest BCUT2D eigenvalue weighted by molar-refractivity contribution is 5.45. The number of rotatable bonds is 3. The molecular weight excluding hydrogens is 178 g/mol. The van der Waals surface area contributed by atoms with E-state index in [9.17, 15) is 0 Å². The Labute approximate surface area is 82.1 Å². The number of nitrogens with one attached hydrogen (secondary N) is 2. The number of H-pyrrole nitrogens is 1. The van der Waals surface area contributed by atoms with Crippen molar-refractivity contribution in [3.8, 4) is 0 Å². The van der Waals surface area contributed by atoms with Crippen LogP contribution in [0, 0.1) is 6.92 Å². The van der Waals surface area contributed by atoms with E-state index < -0.39 is 0 Å². The van der Waals surface area contributed by atoms with E-state index in [0.29, 0.717) is 0 Å². The molecule has 0 amide bonds. The minimum Gasteiger partial charge on any atom is -0.377 e. The Morgan fingerprint density at radius 1 is 1.57 bits per heavy atom. The van der Waals surface area contributed by atoms with Crippen LogP contribution in [0.25, 0.3) is 0 Å². The minimum absolute atomic E-state index is 0.743. The molecule has 0 fully saturated rings. The van der Waals surface area contributed by atoms with Gasteiger partial charge in [0.15, 0.2) is 0 Å². The minimum atomic E-state index is 0.743. The SMILES string of the molecule is Cc1c(NCc2ccn[nH]2)cnn1C. The van der Waals surface area contributed by atoms with E-state index >= 15 is 0 Å². The fourth-order valence-electron chi connectivity index (χ4n) is 1.25. The summed E-state index contributed by atoms with van der Waals surface area (Å²) in [7, 11) is 1.93. The van der Waals surface area contributed by atoms with Gasteiger partial charge in [0.2, 0.25) is 0 Å². The summed E-state index contributed by atoms with van der Waals surface area (Å²) in [6.07, 6.45) is 3.57. The first-order valence-electron chi connectivity index (χ1n) is 4.48. The fraction of sp³-hybridized carbons (Fsp3) is 0.333. The van der Waals surface area contributed by atoms with Gasteiger partial charge in [-0.2, -0.15) is 10.2 Å². The van der Waals surface area contributed by atoms with Crippen LogP contribution in [0.4, 0.5) is 5.69 Å². The summed E-state index contributed by atoms with van der Waals surface area (Å²) in [5.41, 5.74) is 3.25. The molecule has 2 aromatic heterocycles. The highest BCUT2D eigenvalue weighted by atomic mass is 15.3. The second-order valence-electron chi connectivity index (χ2n) is 3.20. The lowest BCUT2D eigenvalue weighted by Gasteiger charge is -2.03. The molecule has 0 saturated carbocycles. The van der Waals surface area contributed by atoms with Crippen LogP contribution in [0.3, 0.4) is 0 Å². The maximum absolute atomic E-state index is 4.14. The molecule has 0 aliphatic carbocycles. The molecule has 0 spiro atoms. The molecule has 0 saturated heterocycles. The Morgan fingerprint density at radius 2 is 2.43 bits per heavy atom. The number of aryl methyl sites for hydroxylation is 1. The van der Waals surface area contributed by atoms with Crippen LogP contribution < -0.4 is 5.32 Å². The van der Waals surface area contributed by atoms with Gasteiger partial charge in [0.05, 0.1) is 29.8 Å². The summed E-state index contributed by atoms with van der Waals surface area (Å²) in [6.45, 7) is 2.77. The second-order valence-corrected chi connectivity index (χ2v) is 3.20. The summed E-state index contributed by atoms with van der Waals surface area (Å²) in [5.74, 6) is 0. The van der Waals surface area contributed by atoms with Gasteiger partial charge in [-0.25, -0.2) is 0 Å². The van der Waals surface area contributed by atoms with Crippen molar-refractivity contribution < 1.29 is 0 Å². The molecule has 0 bridgehead atoms. The average molecular weight is 191 g/mol. The van der Waals surface area contributed by atoms with Gasteiger partial charge in [-0.1, -0.05) is 0 Å². The monoisotopic (exact) mass is 191 g/mol. The lowest BCUT2D eigenvalue weighted by molar-refractivity contribution is 0.740. The van der Waals surface area contributed by atoms with Gasteiger partial charge in [-0.05, 0) is 13.0 Å². The molecule has 0 unspecified atom stereocenters. The summed E-state index contributed by atoms with van der Waals surface area (Å²) in [5, 5.41) is 14.2. The summed E-state index contributed by atoms with van der Waals surface area (Å²) in [6, 6.07) is 1.94. The number of aromatic amines is 1. The van der Waals surface area contributed by atoms with Crippen molar-refractivity contribution in [2.75, 3.05) is 5.32 Å². The highest BCUT2D eigenvalue weighted by Gasteiger charge is 2.02. The highest BCUT2D eigenvalue weighted by Crippen LogP contribution is 2.12. The van der Waals surface area contributed by atoms with Crippen LogP contribution in [0.5, 0.6) is 0 Å². The third-order valence-electron chi connectivity index (χ3n) is 2.26. The van der Waals surface area contributed by atoms with Crippen molar-refractivity contribution in [1.82, 2.24) is 20.0 Å². The van der Waals surface area contributed by atoms with Gasteiger partial charge in [-0.3, -0.25) is 9.78 Å². The van der Waals surface area contributed by atoms with Crippen LogP contribution in [-0.2, 0) is 13.6 Å². The molecule has 0 aliphatic heterocycles. The van der Waals surface area contributed by atoms with Gasteiger partial charge in [0.1, 0.15) is 0 Å². The first-order valence-corrected chi connectivity index (χ1v) is 4.48. The van der Waals surface area contributed by atoms with Gasteiger partial charge >= 0.3 is 0 Å². The number of aromatic nitrogens is 4. The number of anilines is 1. The van der Waals surface area contributed by atoms with Crippen molar-refractivity contribution in [2.24, 2.45) is 7.05 Å². The van der Waals surface area contributed by atoms with Gasteiger partial charge < -0.3 is 5.32 Å². The van der Waals surface area contributed by atoms with Crippen molar-refractivity contribution >= 4 is 5.69 Å². The van der Waals surface area contributed by atoms with E-state index in [2.05, 4.69) is 20.6 Å². The van der Waals surface area contributed by atoms with Gasteiger partial charge in [0.25, 0.3) is 0 Å². The number of hydrogen-bond acceptors (Lipinski definition) is 3. The number of nitrogens with zero attached hydrogens (tertiary/aromatic N) is 3. The molecule has 0 aliphatic rings. The normalized spacial score (nSPS) is 10.4. The first kappa shape index (κ1) is 8.80. The van der Waals surface area contributed by atoms with Crippen LogP contribution in [-0.4, -0.2) is 20.0 Å². The molecule has 0 aromatic carbocycles. The Hall–Kier alpha value is -1.78. The van der Waals surface area contributed by atoms with E-state index in [0.717, 1.165) is 23.6 Å². The largest absolute Gasteiger partial charge is 0.377 e. The first-order chi connectivity index (χ1) is 6.77. The van der Waals surface area contributed by atoms with E-state index in [4.69, 9.17) is 0 Å².